The van der Waals surface area contributed by atoms with E-state index in [2.05, 4.69) is 58.3 Å². The van der Waals surface area contributed by atoms with Crippen LogP contribution in [-0.2, 0) is 0 Å². The van der Waals surface area contributed by atoms with Gasteiger partial charge in [-0.05, 0) is 62.0 Å². The summed E-state index contributed by atoms with van der Waals surface area (Å²) in [6.45, 7) is 4.20. The first-order valence-corrected chi connectivity index (χ1v) is 8.78. The molecule has 25 heavy (non-hydrogen) atoms. The van der Waals surface area contributed by atoms with Crippen LogP contribution in [-0.4, -0.2) is 15.1 Å². The molecule has 2 N–H and O–H groups in total. The van der Waals surface area contributed by atoms with E-state index in [1.165, 1.54) is 5.56 Å². The molecule has 1 aliphatic heterocycles. The van der Waals surface area contributed by atoms with Crippen molar-refractivity contribution >= 4 is 23.0 Å². The van der Waals surface area contributed by atoms with Gasteiger partial charge in [0.2, 0.25) is 0 Å². The second kappa shape index (κ2) is 6.33. The highest BCUT2D eigenvalue weighted by Crippen LogP contribution is 2.42. The molecule has 3 aromatic rings. The Morgan fingerprint density at radius 1 is 1.04 bits per heavy atom. The minimum absolute atomic E-state index is 0.00260. The Bertz CT molecular complexity index is 889. The van der Waals surface area contributed by atoms with E-state index in [0.717, 1.165) is 27.9 Å². The number of rotatable bonds is 3. The van der Waals surface area contributed by atoms with Gasteiger partial charge in [0.1, 0.15) is 0 Å². The third kappa shape index (κ3) is 2.81. The SMILES string of the molecule is Cc1cc([C@H]2[C@@H](c3ccccn3)NC(=S)N2c2ccccc2)c(C)[nH]1. The van der Waals surface area contributed by atoms with Crippen molar-refractivity contribution < 1.29 is 0 Å². The van der Waals surface area contributed by atoms with Crippen LogP contribution in [0.5, 0.6) is 0 Å². The predicted octanol–water partition coefficient (Wildman–Crippen LogP) is 4.20. The maximum Gasteiger partial charge on any atom is 0.174 e. The maximum atomic E-state index is 5.70. The lowest BCUT2D eigenvalue weighted by Crippen LogP contribution is -2.29. The summed E-state index contributed by atoms with van der Waals surface area (Å²) in [6.07, 6.45) is 1.83. The van der Waals surface area contributed by atoms with Crippen molar-refractivity contribution in [1.29, 1.82) is 0 Å². The number of anilines is 1. The Morgan fingerprint density at radius 3 is 2.44 bits per heavy atom. The second-order valence-corrected chi connectivity index (χ2v) is 6.75. The molecule has 0 radical (unpaired) electrons. The van der Waals surface area contributed by atoms with Gasteiger partial charge >= 0.3 is 0 Å². The molecular formula is C20H20N4S. The summed E-state index contributed by atoms with van der Waals surface area (Å²) >= 11 is 5.70. The Kier molecular flexibility index (Phi) is 4.01. The zero-order valence-electron chi connectivity index (χ0n) is 14.2. The van der Waals surface area contributed by atoms with Crippen LogP contribution in [0.15, 0.2) is 60.8 Å². The van der Waals surface area contributed by atoms with E-state index in [0.29, 0.717) is 0 Å². The zero-order chi connectivity index (χ0) is 17.4. The van der Waals surface area contributed by atoms with Crippen LogP contribution in [0.3, 0.4) is 0 Å². The van der Waals surface area contributed by atoms with Crippen LogP contribution in [0.4, 0.5) is 5.69 Å². The highest BCUT2D eigenvalue weighted by Gasteiger charge is 2.41. The molecule has 3 heterocycles. The van der Waals surface area contributed by atoms with Crippen molar-refractivity contribution in [2.45, 2.75) is 25.9 Å². The van der Waals surface area contributed by atoms with Crippen molar-refractivity contribution in [3.05, 3.63) is 83.4 Å². The fourth-order valence-electron chi connectivity index (χ4n) is 3.59. The number of aromatic amines is 1. The maximum absolute atomic E-state index is 5.70. The largest absolute Gasteiger partial charge is 0.362 e. The number of thiocarbonyl (C=S) groups is 1. The number of aryl methyl sites for hydroxylation is 2. The molecule has 4 rings (SSSR count). The highest BCUT2D eigenvalue weighted by atomic mass is 32.1. The molecule has 126 valence electrons. The molecule has 1 aliphatic rings. The highest BCUT2D eigenvalue weighted by molar-refractivity contribution is 7.80. The molecule has 5 heteroatoms. The lowest BCUT2D eigenvalue weighted by Gasteiger charge is -2.28. The van der Waals surface area contributed by atoms with Gasteiger partial charge in [0.05, 0.1) is 17.8 Å². The van der Waals surface area contributed by atoms with E-state index < -0.39 is 0 Å². The number of hydrogen-bond acceptors (Lipinski definition) is 2. The summed E-state index contributed by atoms with van der Waals surface area (Å²) in [4.78, 5) is 10.2. The smallest absolute Gasteiger partial charge is 0.174 e. The average Bonchev–Trinajstić information content (AvgIpc) is 3.15. The molecule has 0 spiro atoms. The van der Waals surface area contributed by atoms with Crippen molar-refractivity contribution in [3.63, 3.8) is 0 Å². The third-order valence-corrected chi connectivity index (χ3v) is 4.96. The average molecular weight is 348 g/mol. The number of pyridine rings is 1. The number of aromatic nitrogens is 2. The second-order valence-electron chi connectivity index (χ2n) is 6.36. The Hall–Kier alpha value is -2.66. The Labute approximate surface area is 152 Å². The topological polar surface area (TPSA) is 44.0 Å². The standard InChI is InChI=1S/C20H20N4S/c1-13-12-16(14(2)22-13)19-18(17-10-6-7-11-21-17)23-20(25)24(19)15-8-4-3-5-9-15/h3-12,18-19,22H,1-2H3,(H,23,25)/t18-,19+/m1/s1. The van der Waals surface area contributed by atoms with E-state index in [9.17, 15) is 0 Å². The zero-order valence-corrected chi connectivity index (χ0v) is 15.0. The van der Waals surface area contributed by atoms with E-state index in [4.69, 9.17) is 12.2 Å². The quantitative estimate of drug-likeness (QED) is 0.696. The molecule has 0 bridgehead atoms. The molecule has 0 aliphatic carbocycles. The molecular weight excluding hydrogens is 328 g/mol. The summed E-state index contributed by atoms with van der Waals surface area (Å²) in [5.74, 6) is 0. The first kappa shape index (κ1) is 15.8. The molecule has 0 amide bonds. The lowest BCUT2D eigenvalue weighted by molar-refractivity contribution is 0.566. The third-order valence-electron chi connectivity index (χ3n) is 4.64. The van der Waals surface area contributed by atoms with Gasteiger partial charge in [-0.1, -0.05) is 24.3 Å². The number of hydrogen-bond donors (Lipinski definition) is 2. The number of nitrogens with zero attached hydrogens (tertiary/aromatic N) is 2. The number of benzene rings is 1. The predicted molar refractivity (Wildman–Crippen MR) is 105 cm³/mol. The number of para-hydroxylation sites is 1. The van der Waals surface area contributed by atoms with Crippen molar-refractivity contribution in [3.8, 4) is 0 Å². The molecule has 0 saturated carbocycles. The molecule has 2 aromatic heterocycles. The van der Waals surface area contributed by atoms with Crippen LogP contribution in [0.1, 0.15) is 34.7 Å². The van der Waals surface area contributed by atoms with Gasteiger partial charge < -0.3 is 15.2 Å². The van der Waals surface area contributed by atoms with Crippen molar-refractivity contribution in [2.75, 3.05) is 4.90 Å². The fraction of sp³-hybridized carbons (Fsp3) is 0.200. The molecule has 4 nitrogen and oxygen atoms in total. The van der Waals surface area contributed by atoms with Gasteiger partial charge in [0, 0.05) is 23.3 Å². The van der Waals surface area contributed by atoms with Crippen LogP contribution in [0.25, 0.3) is 0 Å². The molecule has 1 saturated heterocycles. The number of H-pyrrole nitrogens is 1. The van der Waals surface area contributed by atoms with Gasteiger partial charge in [-0.2, -0.15) is 0 Å². The first-order valence-electron chi connectivity index (χ1n) is 8.37. The van der Waals surface area contributed by atoms with Crippen LogP contribution >= 0.6 is 12.2 Å². The molecule has 0 unspecified atom stereocenters. The minimum Gasteiger partial charge on any atom is -0.362 e. The summed E-state index contributed by atoms with van der Waals surface area (Å²) in [5, 5.41) is 4.21. The van der Waals surface area contributed by atoms with Gasteiger partial charge in [0.25, 0.3) is 0 Å². The Morgan fingerprint density at radius 2 is 1.80 bits per heavy atom. The Balaban J connectivity index is 1.86. The first-order chi connectivity index (χ1) is 12.1. The van der Waals surface area contributed by atoms with Crippen LogP contribution in [0, 0.1) is 13.8 Å². The van der Waals surface area contributed by atoms with E-state index in [-0.39, 0.29) is 12.1 Å². The monoisotopic (exact) mass is 348 g/mol. The van der Waals surface area contributed by atoms with Gasteiger partial charge in [-0.15, -0.1) is 0 Å². The fourth-order valence-corrected chi connectivity index (χ4v) is 3.94. The summed E-state index contributed by atoms with van der Waals surface area (Å²) in [5.41, 5.74) is 5.63. The molecule has 2 atom stereocenters. The van der Waals surface area contributed by atoms with Crippen LogP contribution in [0.2, 0.25) is 0 Å². The van der Waals surface area contributed by atoms with E-state index in [1.807, 2.05) is 36.5 Å². The lowest BCUT2D eigenvalue weighted by atomic mass is 9.96. The summed E-state index contributed by atoms with van der Waals surface area (Å²) in [6, 6.07) is 18.6. The number of nitrogens with one attached hydrogen (secondary N) is 2. The van der Waals surface area contributed by atoms with Gasteiger partial charge in [-0.3, -0.25) is 4.98 Å². The van der Waals surface area contributed by atoms with Crippen molar-refractivity contribution in [2.24, 2.45) is 0 Å². The molecule has 1 fully saturated rings. The van der Waals surface area contributed by atoms with Gasteiger partial charge in [-0.25, -0.2) is 0 Å². The summed E-state index contributed by atoms with van der Waals surface area (Å²) < 4.78 is 0. The van der Waals surface area contributed by atoms with Crippen LogP contribution < -0.4 is 10.2 Å². The molecule has 1 aromatic carbocycles. The van der Waals surface area contributed by atoms with Gasteiger partial charge in [0.15, 0.2) is 5.11 Å². The van der Waals surface area contributed by atoms with Crippen molar-refractivity contribution in [1.82, 2.24) is 15.3 Å². The summed E-state index contributed by atoms with van der Waals surface area (Å²) in [7, 11) is 0. The minimum atomic E-state index is 0.00260. The normalized spacial score (nSPS) is 19.9. The van der Waals surface area contributed by atoms with E-state index in [1.54, 1.807) is 0 Å². The van der Waals surface area contributed by atoms with E-state index >= 15 is 0 Å².